The molecule has 3 rings (SSSR count). The Labute approximate surface area is 146 Å². The number of carbonyl (C=O) groups is 1. The molecule has 0 aromatic heterocycles. The molecule has 134 valence electrons. The standard InChI is InChI=1S/C13H23NO2.C7H9N/c1-13(2,3)16-12(15)14-10-6-4-5-7-11(14)9-8-10;8-6-7-4-2-1-3-5-7/h10-11H,4-9H2,1-3H3;1-5H,6,8H2. The summed E-state index contributed by atoms with van der Waals surface area (Å²) in [6.45, 7) is 6.45. The molecule has 4 heteroatoms. The number of hydrogen-bond acceptors (Lipinski definition) is 3. The molecule has 2 heterocycles. The monoisotopic (exact) mass is 332 g/mol. The van der Waals surface area contributed by atoms with Crippen molar-refractivity contribution in [2.75, 3.05) is 0 Å². The summed E-state index contributed by atoms with van der Waals surface area (Å²) in [4.78, 5) is 14.2. The normalized spacial score (nSPS) is 23.1. The first-order valence-electron chi connectivity index (χ1n) is 9.16. The summed E-state index contributed by atoms with van der Waals surface area (Å²) >= 11 is 0. The van der Waals surface area contributed by atoms with Crippen LogP contribution >= 0.6 is 0 Å². The summed E-state index contributed by atoms with van der Waals surface area (Å²) < 4.78 is 5.50. The maximum Gasteiger partial charge on any atom is 0.410 e. The van der Waals surface area contributed by atoms with Gasteiger partial charge in [0.05, 0.1) is 0 Å². The lowest BCUT2D eigenvalue weighted by Gasteiger charge is -2.31. The quantitative estimate of drug-likeness (QED) is 0.825. The fourth-order valence-electron chi connectivity index (χ4n) is 3.51. The van der Waals surface area contributed by atoms with Gasteiger partial charge in [-0.25, -0.2) is 4.79 Å². The van der Waals surface area contributed by atoms with Gasteiger partial charge < -0.3 is 15.4 Å². The van der Waals surface area contributed by atoms with Crippen molar-refractivity contribution in [2.45, 2.75) is 83.5 Å². The second-order valence-electron chi connectivity index (χ2n) is 7.75. The molecule has 2 saturated heterocycles. The summed E-state index contributed by atoms with van der Waals surface area (Å²) in [5, 5.41) is 0. The largest absolute Gasteiger partial charge is 0.444 e. The molecule has 2 aliphatic heterocycles. The van der Waals surface area contributed by atoms with Gasteiger partial charge in [-0.3, -0.25) is 0 Å². The number of ether oxygens (including phenoxy) is 1. The molecule has 0 aliphatic carbocycles. The van der Waals surface area contributed by atoms with Gasteiger partial charge in [0.1, 0.15) is 5.60 Å². The van der Waals surface area contributed by atoms with Crippen molar-refractivity contribution in [3.8, 4) is 0 Å². The molecule has 2 fully saturated rings. The van der Waals surface area contributed by atoms with Gasteiger partial charge >= 0.3 is 6.09 Å². The van der Waals surface area contributed by atoms with E-state index in [1.807, 2.05) is 56.0 Å². The molecule has 2 N–H and O–H groups in total. The Morgan fingerprint density at radius 1 is 1.08 bits per heavy atom. The van der Waals surface area contributed by atoms with Gasteiger partial charge in [-0.2, -0.15) is 0 Å². The van der Waals surface area contributed by atoms with Gasteiger partial charge in [-0.15, -0.1) is 0 Å². The van der Waals surface area contributed by atoms with Gasteiger partial charge in [0.15, 0.2) is 0 Å². The molecule has 1 aromatic rings. The molecule has 24 heavy (non-hydrogen) atoms. The molecule has 0 radical (unpaired) electrons. The van der Waals surface area contributed by atoms with Crippen LogP contribution in [0.3, 0.4) is 0 Å². The van der Waals surface area contributed by atoms with E-state index in [4.69, 9.17) is 10.5 Å². The zero-order valence-corrected chi connectivity index (χ0v) is 15.3. The number of benzene rings is 1. The van der Waals surface area contributed by atoms with Crippen LogP contribution in [-0.4, -0.2) is 28.7 Å². The van der Waals surface area contributed by atoms with Crippen LogP contribution in [0.25, 0.3) is 0 Å². The number of hydrogen-bond donors (Lipinski definition) is 1. The van der Waals surface area contributed by atoms with E-state index < -0.39 is 0 Å². The van der Waals surface area contributed by atoms with Crippen LogP contribution in [0.5, 0.6) is 0 Å². The van der Waals surface area contributed by atoms with E-state index in [-0.39, 0.29) is 11.7 Å². The lowest BCUT2D eigenvalue weighted by atomic mass is 10.0. The van der Waals surface area contributed by atoms with Crippen LogP contribution in [0, 0.1) is 0 Å². The van der Waals surface area contributed by atoms with Crippen LogP contribution in [0.4, 0.5) is 4.79 Å². The minimum Gasteiger partial charge on any atom is -0.444 e. The summed E-state index contributed by atoms with van der Waals surface area (Å²) in [7, 11) is 0. The fourth-order valence-corrected chi connectivity index (χ4v) is 3.51. The van der Waals surface area contributed by atoms with E-state index in [9.17, 15) is 4.79 Å². The predicted molar refractivity (Wildman–Crippen MR) is 97.7 cm³/mol. The zero-order chi connectivity index (χ0) is 17.6. The van der Waals surface area contributed by atoms with Gasteiger partial charge in [-0.05, 0) is 52.0 Å². The number of nitrogens with zero attached hydrogens (tertiary/aromatic N) is 1. The Morgan fingerprint density at radius 3 is 2.04 bits per heavy atom. The zero-order valence-electron chi connectivity index (χ0n) is 15.3. The topological polar surface area (TPSA) is 55.6 Å². The first kappa shape index (κ1) is 18.8. The number of fused-ring (bicyclic) bond motifs is 2. The SMILES string of the molecule is CC(C)(C)OC(=O)N1C2CCCCC1CC2.NCc1ccccc1. The lowest BCUT2D eigenvalue weighted by Crippen LogP contribution is -2.43. The summed E-state index contributed by atoms with van der Waals surface area (Å²) in [5.41, 5.74) is 6.17. The lowest BCUT2D eigenvalue weighted by molar-refractivity contribution is 0.0152. The first-order valence-corrected chi connectivity index (χ1v) is 9.16. The average molecular weight is 332 g/mol. The highest BCUT2D eigenvalue weighted by atomic mass is 16.6. The summed E-state index contributed by atoms with van der Waals surface area (Å²) in [5.74, 6) is 0. The van der Waals surface area contributed by atoms with Crippen molar-refractivity contribution in [1.29, 1.82) is 0 Å². The highest BCUT2D eigenvalue weighted by molar-refractivity contribution is 5.69. The third-order valence-corrected chi connectivity index (χ3v) is 4.63. The van der Waals surface area contributed by atoms with Gasteiger partial charge in [0.2, 0.25) is 0 Å². The van der Waals surface area contributed by atoms with Crippen molar-refractivity contribution in [1.82, 2.24) is 4.90 Å². The molecule has 2 atom stereocenters. The Bertz CT molecular complexity index is 496. The van der Waals surface area contributed by atoms with E-state index in [2.05, 4.69) is 0 Å². The first-order chi connectivity index (χ1) is 11.4. The van der Waals surface area contributed by atoms with Crippen molar-refractivity contribution in [2.24, 2.45) is 5.73 Å². The maximum absolute atomic E-state index is 12.1. The minimum atomic E-state index is -0.372. The smallest absolute Gasteiger partial charge is 0.410 e. The molecule has 2 aliphatic rings. The predicted octanol–water partition coefficient (Wildman–Crippen LogP) is 4.47. The van der Waals surface area contributed by atoms with E-state index >= 15 is 0 Å². The Balaban J connectivity index is 0.000000219. The molecule has 0 saturated carbocycles. The minimum absolute atomic E-state index is 0.0955. The van der Waals surface area contributed by atoms with E-state index in [0.717, 1.165) is 12.8 Å². The Morgan fingerprint density at radius 2 is 1.62 bits per heavy atom. The molecule has 2 bridgehead atoms. The van der Waals surface area contributed by atoms with Crippen molar-refractivity contribution >= 4 is 6.09 Å². The second-order valence-corrected chi connectivity index (χ2v) is 7.75. The molecule has 4 nitrogen and oxygen atoms in total. The highest BCUT2D eigenvalue weighted by Gasteiger charge is 2.39. The summed E-state index contributed by atoms with van der Waals surface area (Å²) in [6.07, 6.45) is 7.10. The van der Waals surface area contributed by atoms with Crippen molar-refractivity contribution in [3.05, 3.63) is 35.9 Å². The molecular weight excluding hydrogens is 300 g/mol. The van der Waals surface area contributed by atoms with E-state index in [1.54, 1.807) is 0 Å². The molecule has 0 spiro atoms. The summed E-state index contributed by atoms with van der Waals surface area (Å²) in [6, 6.07) is 10.9. The van der Waals surface area contributed by atoms with Crippen LogP contribution in [0.15, 0.2) is 30.3 Å². The molecular formula is C20H32N2O2. The number of amides is 1. The third-order valence-electron chi connectivity index (χ3n) is 4.63. The van der Waals surface area contributed by atoms with Crippen LogP contribution in [-0.2, 0) is 11.3 Å². The van der Waals surface area contributed by atoms with Crippen LogP contribution in [0.1, 0.15) is 64.9 Å². The van der Waals surface area contributed by atoms with E-state index in [0.29, 0.717) is 18.6 Å². The number of carbonyl (C=O) groups excluding carboxylic acids is 1. The van der Waals surface area contributed by atoms with Gasteiger partial charge in [0, 0.05) is 18.6 Å². The average Bonchev–Trinajstić information content (AvgIpc) is 2.80. The van der Waals surface area contributed by atoms with Gasteiger partial charge in [0.25, 0.3) is 0 Å². The molecule has 1 amide bonds. The molecule has 2 unspecified atom stereocenters. The van der Waals surface area contributed by atoms with Crippen molar-refractivity contribution in [3.63, 3.8) is 0 Å². The Kier molecular flexibility index (Phi) is 6.67. The van der Waals surface area contributed by atoms with Crippen molar-refractivity contribution < 1.29 is 9.53 Å². The number of nitrogens with two attached hydrogens (primary N) is 1. The molecule has 1 aromatic carbocycles. The second kappa shape index (κ2) is 8.52. The fraction of sp³-hybridized carbons (Fsp3) is 0.650. The highest BCUT2D eigenvalue weighted by Crippen LogP contribution is 2.35. The van der Waals surface area contributed by atoms with Gasteiger partial charge in [-0.1, -0.05) is 43.2 Å². The van der Waals surface area contributed by atoms with Crippen LogP contribution < -0.4 is 5.73 Å². The third kappa shape index (κ3) is 5.52. The maximum atomic E-state index is 12.1. The number of rotatable bonds is 1. The Hall–Kier alpha value is -1.55. The van der Waals surface area contributed by atoms with Crippen LogP contribution in [0.2, 0.25) is 0 Å². The van der Waals surface area contributed by atoms with E-state index in [1.165, 1.54) is 31.2 Å².